The van der Waals surface area contributed by atoms with Crippen molar-refractivity contribution in [3.63, 3.8) is 0 Å². The highest BCUT2D eigenvalue weighted by Crippen LogP contribution is 2.37. The minimum atomic E-state index is 0.00732. The first-order chi connectivity index (χ1) is 16.5. The van der Waals surface area contributed by atoms with Gasteiger partial charge in [-0.1, -0.05) is 48.5 Å². The molecule has 0 radical (unpaired) electrons. The number of carbonyl (C=O) groups excluding carboxylic acids is 1. The highest BCUT2D eigenvalue weighted by molar-refractivity contribution is 9.10. The summed E-state index contributed by atoms with van der Waals surface area (Å²) in [6.07, 6.45) is 0.567. The van der Waals surface area contributed by atoms with Gasteiger partial charge in [-0.25, -0.2) is 0 Å². The van der Waals surface area contributed by atoms with Crippen molar-refractivity contribution in [2.75, 3.05) is 0 Å². The van der Waals surface area contributed by atoms with Crippen LogP contribution in [-0.4, -0.2) is 20.5 Å². The van der Waals surface area contributed by atoms with Crippen molar-refractivity contribution in [1.29, 1.82) is 0 Å². The average Bonchev–Trinajstić information content (AvgIpc) is 3.39. The van der Waals surface area contributed by atoms with Crippen molar-refractivity contribution in [1.82, 2.24) is 14.8 Å². The van der Waals surface area contributed by atoms with E-state index in [1.54, 1.807) is 6.92 Å². The van der Waals surface area contributed by atoms with Crippen LogP contribution in [0.1, 0.15) is 40.3 Å². The van der Waals surface area contributed by atoms with Crippen molar-refractivity contribution >= 4 is 32.6 Å². The molecular formula is C27H22BrN3O3. The van der Waals surface area contributed by atoms with E-state index in [1.807, 2.05) is 79.7 Å². The predicted octanol–water partition coefficient (Wildman–Crippen LogP) is 6.46. The van der Waals surface area contributed by atoms with Crippen LogP contribution in [0.15, 0.2) is 81.7 Å². The molecule has 34 heavy (non-hydrogen) atoms. The molecule has 3 aromatic carbocycles. The molecule has 0 bridgehead atoms. The zero-order valence-electron chi connectivity index (χ0n) is 18.8. The summed E-state index contributed by atoms with van der Waals surface area (Å²) < 4.78 is 14.6. The molecule has 0 saturated carbocycles. The van der Waals surface area contributed by atoms with Crippen LogP contribution in [0.2, 0.25) is 0 Å². The summed E-state index contributed by atoms with van der Waals surface area (Å²) in [6.45, 7) is 3.68. The topological polar surface area (TPSA) is 70.2 Å². The number of aromatic nitrogens is 3. The van der Waals surface area contributed by atoms with Gasteiger partial charge in [0.25, 0.3) is 5.89 Å². The van der Waals surface area contributed by atoms with Gasteiger partial charge in [0.1, 0.15) is 5.75 Å². The fraction of sp³-hybridized carbons (Fsp3) is 0.148. The second-order valence-corrected chi connectivity index (χ2v) is 8.88. The molecule has 0 unspecified atom stereocenters. The Labute approximate surface area is 205 Å². The van der Waals surface area contributed by atoms with E-state index in [2.05, 4.69) is 30.7 Å². The molecule has 170 valence electrons. The number of rotatable bonds is 7. The van der Waals surface area contributed by atoms with Gasteiger partial charge in [-0.05, 0) is 59.6 Å². The van der Waals surface area contributed by atoms with E-state index >= 15 is 0 Å². The normalized spacial score (nSPS) is 11.1. The van der Waals surface area contributed by atoms with E-state index in [-0.39, 0.29) is 12.4 Å². The molecule has 0 aliphatic heterocycles. The van der Waals surface area contributed by atoms with Crippen LogP contribution < -0.4 is 4.74 Å². The summed E-state index contributed by atoms with van der Waals surface area (Å²) in [4.78, 5) is 12.6. The van der Waals surface area contributed by atoms with Gasteiger partial charge in [0.15, 0.2) is 12.4 Å². The van der Waals surface area contributed by atoms with Crippen LogP contribution in [0.3, 0.4) is 0 Å². The Morgan fingerprint density at radius 2 is 1.68 bits per heavy atom. The Morgan fingerprint density at radius 1 is 1.00 bits per heavy atom. The van der Waals surface area contributed by atoms with Gasteiger partial charge < -0.3 is 13.7 Å². The van der Waals surface area contributed by atoms with Gasteiger partial charge in [0.05, 0.1) is 16.4 Å². The fourth-order valence-corrected chi connectivity index (χ4v) is 4.65. The van der Waals surface area contributed by atoms with E-state index in [1.165, 1.54) is 0 Å². The van der Waals surface area contributed by atoms with Crippen molar-refractivity contribution in [2.24, 2.45) is 0 Å². The predicted molar refractivity (Wildman–Crippen MR) is 134 cm³/mol. The molecule has 0 amide bonds. The number of benzene rings is 3. The molecule has 0 aliphatic carbocycles. The zero-order valence-corrected chi connectivity index (χ0v) is 20.4. The standard InChI is InChI=1S/C27H22BrN3O3/c1-17-27(18(2)32)21-14-24(22(28)15-23(21)31(17)20-11-7-4-8-12-20)33-16-26-30-29-25(34-26)13-19-9-5-3-6-10-19/h3-12,14-15H,13,16H2,1-2H3. The molecule has 6 nitrogen and oxygen atoms in total. The lowest BCUT2D eigenvalue weighted by atomic mass is 10.1. The van der Waals surface area contributed by atoms with Gasteiger partial charge in [-0.15, -0.1) is 10.2 Å². The zero-order chi connectivity index (χ0) is 23.7. The van der Waals surface area contributed by atoms with Crippen LogP contribution in [0.5, 0.6) is 5.75 Å². The molecule has 5 aromatic rings. The number of hydrogen-bond acceptors (Lipinski definition) is 5. The van der Waals surface area contributed by atoms with Crippen molar-refractivity contribution in [3.8, 4) is 11.4 Å². The molecular weight excluding hydrogens is 494 g/mol. The molecule has 2 heterocycles. The van der Waals surface area contributed by atoms with Crippen LogP contribution in [0.4, 0.5) is 0 Å². The molecule has 0 fully saturated rings. The SMILES string of the molecule is CC(=O)c1c(C)n(-c2ccccc2)c2cc(Br)c(OCc3nnc(Cc4ccccc4)o3)cc12. The molecule has 0 aliphatic rings. The summed E-state index contributed by atoms with van der Waals surface area (Å²) >= 11 is 3.63. The third-order valence-electron chi connectivity index (χ3n) is 5.68. The summed E-state index contributed by atoms with van der Waals surface area (Å²) in [5, 5.41) is 9.07. The van der Waals surface area contributed by atoms with Crippen molar-refractivity contribution < 1.29 is 13.9 Å². The van der Waals surface area contributed by atoms with Crippen LogP contribution in [0.25, 0.3) is 16.6 Å². The molecule has 0 atom stereocenters. The Kier molecular flexibility index (Phi) is 6.02. The second kappa shape index (κ2) is 9.27. The van der Waals surface area contributed by atoms with Gasteiger partial charge in [-0.3, -0.25) is 4.79 Å². The number of Topliss-reactive ketones (excluding diaryl/α,β-unsaturated/α-hetero) is 1. The Hall–Kier alpha value is -3.71. The molecule has 5 rings (SSSR count). The highest BCUT2D eigenvalue weighted by Gasteiger charge is 2.21. The van der Waals surface area contributed by atoms with Crippen molar-refractivity contribution in [3.05, 3.63) is 106 Å². The minimum Gasteiger partial charge on any atom is -0.483 e. The maximum atomic E-state index is 12.6. The lowest BCUT2D eigenvalue weighted by Crippen LogP contribution is -1.99. The molecule has 0 saturated heterocycles. The van der Waals surface area contributed by atoms with Gasteiger partial charge in [-0.2, -0.15) is 0 Å². The number of hydrogen-bond donors (Lipinski definition) is 0. The van der Waals surface area contributed by atoms with E-state index in [0.717, 1.165) is 32.3 Å². The number of fused-ring (bicyclic) bond motifs is 1. The first-order valence-electron chi connectivity index (χ1n) is 10.9. The largest absolute Gasteiger partial charge is 0.483 e. The number of ketones is 1. The van der Waals surface area contributed by atoms with E-state index in [0.29, 0.717) is 29.5 Å². The molecule has 2 aromatic heterocycles. The van der Waals surface area contributed by atoms with Crippen LogP contribution >= 0.6 is 15.9 Å². The third kappa shape index (κ3) is 4.26. The number of carbonyl (C=O) groups is 1. The maximum Gasteiger partial charge on any atom is 0.253 e. The lowest BCUT2D eigenvalue weighted by Gasteiger charge is -2.10. The number of para-hydroxylation sites is 1. The van der Waals surface area contributed by atoms with E-state index < -0.39 is 0 Å². The van der Waals surface area contributed by atoms with Crippen LogP contribution in [0, 0.1) is 6.92 Å². The van der Waals surface area contributed by atoms with Gasteiger partial charge in [0, 0.05) is 22.3 Å². The smallest absolute Gasteiger partial charge is 0.253 e. The van der Waals surface area contributed by atoms with Gasteiger partial charge >= 0.3 is 0 Å². The number of halogens is 1. The summed E-state index contributed by atoms with van der Waals surface area (Å²) in [5.74, 6) is 1.53. The van der Waals surface area contributed by atoms with Crippen LogP contribution in [-0.2, 0) is 13.0 Å². The highest BCUT2D eigenvalue weighted by atomic mass is 79.9. The molecule has 7 heteroatoms. The quantitative estimate of drug-likeness (QED) is 0.232. The first kappa shape index (κ1) is 22.1. The lowest BCUT2D eigenvalue weighted by molar-refractivity contribution is 0.101. The summed E-state index contributed by atoms with van der Waals surface area (Å²) in [5.41, 5.74) is 4.59. The maximum absolute atomic E-state index is 12.6. The monoisotopic (exact) mass is 515 g/mol. The molecule has 0 spiro atoms. The minimum absolute atomic E-state index is 0.00732. The van der Waals surface area contributed by atoms with E-state index in [4.69, 9.17) is 9.15 Å². The Balaban J connectivity index is 1.44. The average molecular weight is 516 g/mol. The number of nitrogens with zero attached hydrogens (tertiary/aromatic N) is 3. The number of ether oxygens (including phenoxy) is 1. The van der Waals surface area contributed by atoms with E-state index in [9.17, 15) is 4.79 Å². The first-order valence-corrected chi connectivity index (χ1v) is 11.7. The third-order valence-corrected chi connectivity index (χ3v) is 6.30. The Bertz CT molecular complexity index is 1470. The molecule has 0 N–H and O–H groups in total. The second-order valence-electron chi connectivity index (χ2n) is 8.03. The fourth-order valence-electron chi connectivity index (χ4n) is 4.21. The summed E-state index contributed by atoms with van der Waals surface area (Å²) in [7, 11) is 0. The van der Waals surface area contributed by atoms with Gasteiger partial charge in [0.2, 0.25) is 5.89 Å². The summed E-state index contributed by atoms with van der Waals surface area (Å²) in [6, 6.07) is 23.8. The van der Waals surface area contributed by atoms with Crippen molar-refractivity contribution in [2.45, 2.75) is 26.9 Å². The Morgan fingerprint density at radius 3 is 2.38 bits per heavy atom.